The molecule has 3 N–H and O–H groups in total. The Morgan fingerprint density at radius 2 is 1.26 bits per heavy atom. The fourth-order valence-electron chi connectivity index (χ4n) is 5.26. The van der Waals surface area contributed by atoms with E-state index in [-0.39, 0.29) is 16.6 Å². The number of aromatic amines is 2. The summed E-state index contributed by atoms with van der Waals surface area (Å²) in [5.74, 6) is -0.177. The zero-order valence-corrected chi connectivity index (χ0v) is 17.7. The Morgan fingerprint density at radius 3 is 2.09 bits per heavy atom. The lowest BCUT2D eigenvalue weighted by atomic mass is 9.82. The highest BCUT2D eigenvalue weighted by atomic mass is 16.3. The molecule has 0 amide bonds. The van der Waals surface area contributed by atoms with Crippen LogP contribution in [0.5, 0.6) is 0 Å². The summed E-state index contributed by atoms with van der Waals surface area (Å²) in [6, 6.07) is 20.7. The Hall–Kier alpha value is -4.55. The summed E-state index contributed by atoms with van der Waals surface area (Å²) in [7, 11) is 0. The van der Waals surface area contributed by atoms with E-state index in [1.807, 2.05) is 0 Å². The lowest BCUT2D eigenvalue weighted by Crippen LogP contribution is -2.20. The summed E-state index contributed by atoms with van der Waals surface area (Å²) in [4.78, 5) is 46.5. The van der Waals surface area contributed by atoms with E-state index in [2.05, 4.69) is 9.97 Å². The van der Waals surface area contributed by atoms with Gasteiger partial charge in [-0.3, -0.25) is 14.4 Å². The van der Waals surface area contributed by atoms with Crippen LogP contribution in [0.1, 0.15) is 33.2 Å². The van der Waals surface area contributed by atoms with Crippen LogP contribution in [0.3, 0.4) is 0 Å². The summed E-state index contributed by atoms with van der Waals surface area (Å²) >= 11 is 0. The van der Waals surface area contributed by atoms with Crippen LogP contribution < -0.4 is 10.9 Å². The number of aromatic nitrogens is 2. The minimum atomic E-state index is -0.920. The number of hydrogen-bond acceptors (Lipinski definition) is 4. The highest BCUT2D eigenvalue weighted by Crippen LogP contribution is 2.38. The first-order valence-electron chi connectivity index (χ1n) is 10.9. The van der Waals surface area contributed by atoms with Gasteiger partial charge in [0.2, 0.25) is 0 Å². The molecule has 1 aliphatic carbocycles. The first-order valence-corrected chi connectivity index (χ1v) is 10.9. The van der Waals surface area contributed by atoms with Crippen molar-refractivity contribution in [2.45, 2.75) is 6.10 Å². The average Bonchev–Trinajstić information content (AvgIpc) is 2.88. The van der Waals surface area contributed by atoms with Gasteiger partial charge in [-0.1, -0.05) is 54.6 Å². The fourth-order valence-corrected chi connectivity index (χ4v) is 5.26. The molecule has 0 spiro atoms. The minimum absolute atomic E-state index is 0.177. The number of carbonyl (C=O) groups excluding carboxylic acids is 1. The molecule has 1 aromatic heterocycles. The maximum absolute atomic E-state index is 13.4. The molecule has 6 heteroatoms. The molecular weight excluding hydrogens is 428 g/mol. The van der Waals surface area contributed by atoms with Crippen LogP contribution in [0.4, 0.5) is 0 Å². The van der Waals surface area contributed by atoms with Crippen LogP contribution in [-0.4, -0.2) is 20.9 Å². The van der Waals surface area contributed by atoms with E-state index >= 15 is 0 Å². The molecule has 6 aromatic rings. The lowest BCUT2D eigenvalue weighted by Gasteiger charge is -2.24. The summed E-state index contributed by atoms with van der Waals surface area (Å²) < 4.78 is 0. The molecular formula is C28H16N2O4. The van der Waals surface area contributed by atoms with Gasteiger partial charge in [0, 0.05) is 21.7 Å². The van der Waals surface area contributed by atoms with Crippen molar-refractivity contribution in [1.82, 2.24) is 9.97 Å². The van der Waals surface area contributed by atoms with Gasteiger partial charge in [-0.25, -0.2) is 0 Å². The number of nitrogens with one attached hydrogen (secondary N) is 2. The Balaban J connectivity index is 1.61. The fraction of sp³-hybridized carbons (Fsp3) is 0.0357. The number of H-pyrrole nitrogens is 2. The molecule has 1 heterocycles. The second-order valence-corrected chi connectivity index (χ2v) is 8.64. The van der Waals surface area contributed by atoms with Crippen LogP contribution in [0, 0.1) is 0 Å². The third kappa shape index (κ3) is 2.30. The van der Waals surface area contributed by atoms with E-state index in [1.165, 1.54) is 0 Å². The molecule has 34 heavy (non-hydrogen) atoms. The molecule has 7 rings (SSSR count). The number of hydrogen-bond donors (Lipinski definition) is 3. The molecule has 0 bridgehead atoms. The quantitative estimate of drug-likeness (QED) is 0.240. The number of ketones is 1. The molecule has 0 saturated carbocycles. The predicted octanol–water partition coefficient (Wildman–Crippen LogP) is 4.30. The van der Waals surface area contributed by atoms with Gasteiger partial charge < -0.3 is 15.1 Å². The SMILES string of the molecule is O=C1c2ccccc2C(O)c2ccc3[nH]c4c(ccc5c(=O)c6ccccc6c(=O)c54)[nH]c3c21. The average molecular weight is 444 g/mol. The van der Waals surface area contributed by atoms with E-state index in [1.54, 1.807) is 72.8 Å². The Bertz CT molecular complexity index is 2000. The third-order valence-electron chi connectivity index (χ3n) is 6.87. The Kier molecular flexibility index (Phi) is 3.62. The van der Waals surface area contributed by atoms with Crippen molar-refractivity contribution in [1.29, 1.82) is 0 Å². The van der Waals surface area contributed by atoms with Gasteiger partial charge in [0.25, 0.3) is 0 Å². The number of aliphatic hydroxyl groups excluding tert-OH is 1. The van der Waals surface area contributed by atoms with E-state index in [0.29, 0.717) is 65.9 Å². The van der Waals surface area contributed by atoms with Crippen molar-refractivity contribution in [3.8, 4) is 0 Å². The molecule has 0 radical (unpaired) electrons. The van der Waals surface area contributed by atoms with E-state index in [9.17, 15) is 19.5 Å². The first-order chi connectivity index (χ1) is 16.5. The van der Waals surface area contributed by atoms with E-state index in [4.69, 9.17) is 0 Å². The number of fused-ring (bicyclic) bond motifs is 8. The number of carbonyl (C=O) groups is 1. The molecule has 162 valence electrons. The van der Waals surface area contributed by atoms with Crippen molar-refractivity contribution in [2.24, 2.45) is 0 Å². The molecule has 1 unspecified atom stereocenters. The second-order valence-electron chi connectivity index (χ2n) is 8.64. The summed E-state index contributed by atoms with van der Waals surface area (Å²) in [5.41, 5.74) is 3.78. The monoisotopic (exact) mass is 444 g/mol. The van der Waals surface area contributed by atoms with Gasteiger partial charge in [0.15, 0.2) is 16.6 Å². The largest absolute Gasteiger partial charge is 0.384 e. The normalized spacial score (nSPS) is 15.2. The molecule has 0 saturated heterocycles. The minimum Gasteiger partial charge on any atom is -0.384 e. The predicted molar refractivity (Wildman–Crippen MR) is 132 cm³/mol. The lowest BCUT2D eigenvalue weighted by molar-refractivity contribution is 0.102. The van der Waals surface area contributed by atoms with Crippen molar-refractivity contribution in [2.75, 3.05) is 0 Å². The number of aliphatic hydroxyl groups is 1. The van der Waals surface area contributed by atoms with Gasteiger partial charge in [-0.15, -0.1) is 0 Å². The maximum Gasteiger partial charge on any atom is 0.196 e. The summed E-state index contributed by atoms with van der Waals surface area (Å²) in [6.07, 6.45) is -0.920. The van der Waals surface area contributed by atoms with Crippen LogP contribution in [-0.2, 0) is 0 Å². The molecule has 0 aliphatic heterocycles. The van der Waals surface area contributed by atoms with Crippen LogP contribution in [0.15, 0.2) is 82.4 Å². The highest BCUT2D eigenvalue weighted by molar-refractivity contribution is 6.19. The first kappa shape index (κ1) is 19.0. The van der Waals surface area contributed by atoms with Crippen molar-refractivity contribution >= 4 is 49.4 Å². The van der Waals surface area contributed by atoms with Gasteiger partial charge in [0.05, 0.1) is 33.0 Å². The van der Waals surface area contributed by atoms with Crippen molar-refractivity contribution in [3.05, 3.63) is 115 Å². The summed E-state index contributed by atoms with van der Waals surface area (Å²) in [6.45, 7) is 0. The topological polar surface area (TPSA) is 103 Å². The van der Waals surface area contributed by atoms with Crippen LogP contribution in [0.25, 0.3) is 43.6 Å². The second kappa shape index (κ2) is 6.50. The zero-order valence-electron chi connectivity index (χ0n) is 17.7. The smallest absolute Gasteiger partial charge is 0.196 e. The van der Waals surface area contributed by atoms with Gasteiger partial charge >= 0.3 is 0 Å². The zero-order chi connectivity index (χ0) is 23.1. The molecule has 6 nitrogen and oxygen atoms in total. The number of rotatable bonds is 0. The molecule has 5 aromatic carbocycles. The van der Waals surface area contributed by atoms with Gasteiger partial charge in [-0.05, 0) is 29.3 Å². The van der Waals surface area contributed by atoms with Crippen LogP contribution in [0.2, 0.25) is 0 Å². The number of benzene rings is 5. The van der Waals surface area contributed by atoms with Gasteiger partial charge in [0.1, 0.15) is 6.10 Å². The van der Waals surface area contributed by atoms with E-state index in [0.717, 1.165) is 0 Å². The molecule has 1 aliphatic rings. The van der Waals surface area contributed by atoms with Crippen LogP contribution >= 0.6 is 0 Å². The van der Waals surface area contributed by atoms with E-state index < -0.39 is 6.10 Å². The van der Waals surface area contributed by atoms with Gasteiger partial charge in [-0.2, -0.15) is 0 Å². The molecule has 0 fully saturated rings. The Morgan fingerprint density at radius 1 is 0.618 bits per heavy atom. The third-order valence-corrected chi connectivity index (χ3v) is 6.87. The van der Waals surface area contributed by atoms with Crippen molar-refractivity contribution < 1.29 is 9.90 Å². The summed E-state index contributed by atoms with van der Waals surface area (Å²) in [5, 5.41) is 12.4. The Labute approximate surface area is 191 Å². The molecule has 1 atom stereocenters. The standard InChI is InChI=1S/C28H16N2O4/c31-25-13-5-1-3-7-15(13)27(33)21-17(25)9-11-19-23(21)29-20-12-10-18-22(24(20)30-19)28(34)16-8-4-2-6-14(16)26(18)32/h1-12,25,29-31H. The highest BCUT2D eigenvalue weighted by Gasteiger charge is 2.31. The van der Waals surface area contributed by atoms with Crippen molar-refractivity contribution in [3.63, 3.8) is 0 Å². The maximum atomic E-state index is 13.4.